The molecule has 0 atom stereocenters. The van der Waals surface area contributed by atoms with E-state index in [1.807, 2.05) is 85.4 Å². The Morgan fingerprint density at radius 3 is 1.43 bits per heavy atom. The van der Waals surface area contributed by atoms with Gasteiger partial charge in [0, 0.05) is 27.0 Å². The molecular formula is C44H43BF4O3S4. The Hall–Kier alpha value is -4.10. The molecule has 2 aliphatic rings. The molecule has 6 aromatic rings. The molecule has 0 saturated carbocycles. The SMILES string of the molecule is Cc1cc(O)c(C(C)C)cc1[S+]1c2ccccc2Sc2ccccc21.Cc1ccc(C(C)C)c(O)c1.F[B-](F)(F)F.O=S1c2ccccc2Sc2ccccc21. The summed E-state index contributed by atoms with van der Waals surface area (Å²) >= 11 is 3.55. The summed E-state index contributed by atoms with van der Waals surface area (Å²) in [6.07, 6.45) is 0. The topological polar surface area (TPSA) is 57.5 Å². The van der Waals surface area contributed by atoms with Gasteiger partial charge in [-0.15, -0.1) is 0 Å². The Morgan fingerprint density at radius 1 is 0.554 bits per heavy atom. The van der Waals surface area contributed by atoms with E-state index in [-0.39, 0.29) is 10.9 Å². The van der Waals surface area contributed by atoms with Crippen molar-refractivity contribution >= 4 is 52.5 Å². The average molecular weight is 835 g/mol. The molecule has 0 aromatic heterocycles. The highest BCUT2D eigenvalue weighted by atomic mass is 32.2. The molecule has 0 aliphatic carbocycles. The molecule has 12 heteroatoms. The van der Waals surface area contributed by atoms with Gasteiger partial charge >= 0.3 is 7.25 Å². The summed E-state index contributed by atoms with van der Waals surface area (Å²) in [7, 11) is -7.15. The number of hydrogen-bond acceptors (Lipinski definition) is 5. The quantitative estimate of drug-likeness (QED) is 0.105. The first-order valence-corrected chi connectivity index (χ1v) is 21.9. The van der Waals surface area contributed by atoms with E-state index in [9.17, 15) is 31.7 Å². The third kappa shape index (κ3) is 10.8. The number of fused-ring (bicyclic) bond motifs is 4. The van der Waals surface area contributed by atoms with E-state index >= 15 is 0 Å². The Labute approximate surface area is 340 Å². The number of benzene rings is 6. The monoisotopic (exact) mass is 834 g/mol. The maximum Gasteiger partial charge on any atom is 0.673 e. The van der Waals surface area contributed by atoms with Crippen molar-refractivity contribution in [2.24, 2.45) is 0 Å². The lowest BCUT2D eigenvalue weighted by Crippen LogP contribution is -2.12. The van der Waals surface area contributed by atoms with Crippen LogP contribution in [0.15, 0.2) is 171 Å². The molecular weight excluding hydrogens is 792 g/mol. The van der Waals surface area contributed by atoms with E-state index in [2.05, 4.69) is 89.2 Å². The average Bonchev–Trinajstić information content (AvgIpc) is 3.14. The fourth-order valence-corrected chi connectivity index (χ4v) is 12.6. The van der Waals surface area contributed by atoms with Crippen LogP contribution in [0.5, 0.6) is 11.5 Å². The predicted octanol–water partition coefficient (Wildman–Crippen LogP) is 13.8. The van der Waals surface area contributed by atoms with Gasteiger partial charge in [-0.25, -0.2) is 4.21 Å². The second-order valence-corrected chi connectivity index (χ2v) is 19.1. The fourth-order valence-electron chi connectivity index (χ4n) is 6.01. The minimum Gasteiger partial charge on any atom is -0.508 e. The molecule has 0 unspecified atom stereocenters. The van der Waals surface area contributed by atoms with Gasteiger partial charge in [-0.3, -0.25) is 0 Å². The molecule has 2 heterocycles. The summed E-state index contributed by atoms with van der Waals surface area (Å²) in [6, 6.07) is 43.2. The Kier molecular flexibility index (Phi) is 14.5. The van der Waals surface area contributed by atoms with E-state index in [4.69, 9.17) is 0 Å². The van der Waals surface area contributed by atoms with Crippen molar-refractivity contribution < 1.29 is 31.7 Å². The van der Waals surface area contributed by atoms with E-state index in [0.29, 0.717) is 23.3 Å². The highest BCUT2D eigenvalue weighted by Gasteiger charge is 2.39. The van der Waals surface area contributed by atoms with Crippen LogP contribution in [0, 0.1) is 13.8 Å². The smallest absolute Gasteiger partial charge is 0.508 e. The summed E-state index contributed by atoms with van der Waals surface area (Å²) in [4.78, 5) is 10.8. The van der Waals surface area contributed by atoms with E-state index in [0.717, 1.165) is 41.8 Å². The van der Waals surface area contributed by atoms with Crippen LogP contribution in [0.2, 0.25) is 0 Å². The minimum atomic E-state index is -6.00. The Balaban J connectivity index is 0.000000164. The summed E-state index contributed by atoms with van der Waals surface area (Å²) in [5, 5.41) is 19.8. The van der Waals surface area contributed by atoms with E-state index < -0.39 is 18.1 Å². The summed E-state index contributed by atoms with van der Waals surface area (Å²) < 4.78 is 51.2. The second-order valence-electron chi connectivity index (χ2n) is 13.6. The molecule has 8 rings (SSSR count). The number of phenolic OH excluding ortho intramolecular Hbond substituents is 2. The molecule has 292 valence electrons. The lowest BCUT2D eigenvalue weighted by atomic mass is 10.0. The van der Waals surface area contributed by atoms with Crippen LogP contribution in [0.1, 0.15) is 61.8 Å². The van der Waals surface area contributed by atoms with Crippen molar-refractivity contribution in [2.75, 3.05) is 0 Å². The molecule has 3 nitrogen and oxygen atoms in total. The van der Waals surface area contributed by atoms with Gasteiger partial charge < -0.3 is 27.5 Å². The van der Waals surface area contributed by atoms with Crippen molar-refractivity contribution in [3.63, 3.8) is 0 Å². The number of aromatic hydroxyl groups is 2. The Morgan fingerprint density at radius 2 is 0.964 bits per heavy atom. The van der Waals surface area contributed by atoms with Crippen LogP contribution in [0.25, 0.3) is 0 Å². The lowest BCUT2D eigenvalue weighted by molar-refractivity contribution is 0.368. The summed E-state index contributed by atoms with van der Waals surface area (Å²) in [5.74, 6) is 1.52. The first-order valence-electron chi connectivity index (χ1n) is 17.9. The summed E-state index contributed by atoms with van der Waals surface area (Å²) in [6.45, 7) is 12.5. The minimum absolute atomic E-state index is 0.137. The normalized spacial score (nSPS) is 13.1. The van der Waals surface area contributed by atoms with Gasteiger partial charge in [-0.1, -0.05) is 112 Å². The fraction of sp³-hybridized carbons (Fsp3) is 0.182. The van der Waals surface area contributed by atoms with Gasteiger partial charge in [0.2, 0.25) is 0 Å². The van der Waals surface area contributed by atoms with Gasteiger partial charge in [0.1, 0.15) is 22.4 Å². The molecule has 56 heavy (non-hydrogen) atoms. The zero-order valence-corrected chi connectivity index (χ0v) is 35.1. The number of hydrogen-bond donors (Lipinski definition) is 2. The van der Waals surface area contributed by atoms with Crippen LogP contribution in [-0.4, -0.2) is 21.7 Å². The molecule has 0 amide bonds. The van der Waals surface area contributed by atoms with Crippen LogP contribution in [0.3, 0.4) is 0 Å². The maximum atomic E-state index is 12.2. The van der Waals surface area contributed by atoms with Gasteiger partial charge in [0.25, 0.3) is 0 Å². The van der Waals surface area contributed by atoms with Gasteiger partial charge in [0.05, 0.1) is 30.4 Å². The van der Waals surface area contributed by atoms with Crippen molar-refractivity contribution in [1.82, 2.24) is 0 Å². The van der Waals surface area contributed by atoms with Crippen LogP contribution >= 0.6 is 23.5 Å². The van der Waals surface area contributed by atoms with Gasteiger partial charge in [-0.05, 0) is 97.5 Å². The zero-order chi connectivity index (χ0) is 40.7. The van der Waals surface area contributed by atoms with Crippen molar-refractivity contribution in [1.29, 1.82) is 0 Å². The van der Waals surface area contributed by atoms with Crippen molar-refractivity contribution in [2.45, 2.75) is 97.4 Å². The molecule has 2 aliphatic heterocycles. The third-order valence-electron chi connectivity index (χ3n) is 8.65. The van der Waals surface area contributed by atoms with Crippen molar-refractivity contribution in [3.05, 3.63) is 150 Å². The molecule has 6 aromatic carbocycles. The van der Waals surface area contributed by atoms with Crippen molar-refractivity contribution in [3.8, 4) is 11.5 Å². The molecule has 0 saturated heterocycles. The number of rotatable bonds is 3. The number of halogens is 4. The second kappa shape index (κ2) is 18.9. The first-order chi connectivity index (χ1) is 26.5. The molecule has 0 bridgehead atoms. The van der Waals surface area contributed by atoms with Crippen LogP contribution in [-0.2, 0) is 21.7 Å². The standard InChI is InChI=1S/C22H20OS2.C12H8OS2.C10H14O.BF4/c1-14(2)16-13-22(15(3)12-17(16)23)25-20-10-6-4-8-18(20)24-19-9-5-7-11-21(19)25;13-15-11-7-3-1-5-9(11)14-10-6-2-4-8-12(10)15;1-7(2)9-5-4-8(3)6-10(9)11;2-1(3,4)5/h4-14H,1-3H3;1-8H;4-7,11H,1-3H3;/q;;;-1/p+1. The molecule has 0 radical (unpaired) electrons. The van der Waals surface area contributed by atoms with Crippen LogP contribution in [0.4, 0.5) is 17.3 Å². The molecule has 0 spiro atoms. The number of aryl methyl sites for hydroxylation is 2. The Bertz CT molecular complexity index is 2230. The highest BCUT2D eigenvalue weighted by molar-refractivity contribution is 8.04. The van der Waals surface area contributed by atoms with Gasteiger partial charge in [-0.2, -0.15) is 0 Å². The summed E-state index contributed by atoms with van der Waals surface area (Å²) in [5.41, 5.74) is 4.31. The molecule has 2 N–H and O–H groups in total. The highest BCUT2D eigenvalue weighted by Crippen LogP contribution is 2.49. The molecule has 0 fully saturated rings. The third-order valence-corrected chi connectivity index (χ3v) is 15.5. The largest absolute Gasteiger partial charge is 0.673 e. The zero-order valence-electron chi connectivity index (χ0n) is 31.8. The first kappa shape index (κ1) is 43.0. The van der Waals surface area contributed by atoms with Crippen LogP contribution < -0.4 is 0 Å². The number of phenols is 2. The predicted molar refractivity (Wildman–Crippen MR) is 225 cm³/mol. The maximum absolute atomic E-state index is 12.2. The lowest BCUT2D eigenvalue weighted by Gasteiger charge is -2.21. The van der Waals surface area contributed by atoms with E-state index in [1.54, 1.807) is 17.8 Å². The van der Waals surface area contributed by atoms with E-state index in [1.165, 1.54) is 24.5 Å². The van der Waals surface area contributed by atoms with Gasteiger partial charge in [0.15, 0.2) is 14.7 Å².